The summed E-state index contributed by atoms with van der Waals surface area (Å²) in [5.74, 6) is -0.312. The van der Waals surface area contributed by atoms with Gasteiger partial charge in [0.05, 0.1) is 0 Å². The molecule has 0 aliphatic rings. The summed E-state index contributed by atoms with van der Waals surface area (Å²) in [5, 5.41) is 8.61. The largest absolute Gasteiger partial charge is 0.489 e. The van der Waals surface area contributed by atoms with Gasteiger partial charge in [-0.2, -0.15) is 0 Å². The second-order valence-electron chi connectivity index (χ2n) is 3.96. The van der Waals surface area contributed by atoms with Crippen LogP contribution in [0.4, 0.5) is 0 Å². The van der Waals surface area contributed by atoms with Crippen LogP contribution in [-0.4, -0.2) is 17.7 Å². The Morgan fingerprint density at radius 1 is 1.53 bits per heavy atom. The Morgan fingerprint density at radius 2 is 2.24 bits per heavy atom. The summed E-state index contributed by atoms with van der Waals surface area (Å²) in [6, 6.07) is 5.64. The fraction of sp³-hybridized carbons (Fsp3) is 0.214. The zero-order valence-electron chi connectivity index (χ0n) is 10.1. The molecule has 1 N–H and O–H groups in total. The van der Waals surface area contributed by atoms with Crippen LogP contribution in [0, 0.1) is 6.92 Å². The molecule has 1 rings (SSSR count). The number of hydrogen-bond acceptors (Lipinski definition) is 2. The van der Waals surface area contributed by atoms with Gasteiger partial charge in [0.1, 0.15) is 12.4 Å². The van der Waals surface area contributed by atoms with E-state index < -0.39 is 5.97 Å². The highest BCUT2D eigenvalue weighted by Crippen LogP contribution is 2.22. The number of carboxylic acids is 1. The van der Waals surface area contributed by atoms with Gasteiger partial charge >= 0.3 is 5.97 Å². The molecule has 0 bridgehead atoms. The molecule has 0 saturated carbocycles. The van der Waals surface area contributed by atoms with Crippen molar-refractivity contribution >= 4 is 12.0 Å². The molecular weight excluding hydrogens is 216 g/mol. The first kappa shape index (κ1) is 13.0. The summed E-state index contributed by atoms with van der Waals surface area (Å²) in [4.78, 5) is 10.5. The molecule has 3 nitrogen and oxygen atoms in total. The summed E-state index contributed by atoms with van der Waals surface area (Å²) < 4.78 is 5.54. The Labute approximate surface area is 101 Å². The molecule has 0 radical (unpaired) electrons. The van der Waals surface area contributed by atoms with Crippen LogP contribution in [-0.2, 0) is 4.79 Å². The van der Waals surface area contributed by atoms with Gasteiger partial charge in [0.2, 0.25) is 0 Å². The van der Waals surface area contributed by atoms with E-state index in [0.29, 0.717) is 12.4 Å². The molecule has 0 aliphatic heterocycles. The maximum atomic E-state index is 10.5. The molecule has 0 spiro atoms. The normalized spacial score (nSPS) is 10.5. The highest BCUT2D eigenvalue weighted by Gasteiger charge is 2.02. The molecule has 3 heteroatoms. The van der Waals surface area contributed by atoms with Crippen molar-refractivity contribution in [2.45, 2.75) is 13.8 Å². The number of carboxylic acid groups (broad SMARTS) is 1. The topological polar surface area (TPSA) is 46.5 Å². The Morgan fingerprint density at radius 3 is 2.82 bits per heavy atom. The summed E-state index contributed by atoms with van der Waals surface area (Å²) in [6.45, 7) is 8.00. The third kappa shape index (κ3) is 4.55. The Hall–Kier alpha value is -2.03. The average molecular weight is 232 g/mol. The second kappa shape index (κ2) is 5.89. The number of ether oxygens (including phenoxy) is 1. The predicted molar refractivity (Wildman–Crippen MR) is 68.2 cm³/mol. The van der Waals surface area contributed by atoms with Crippen LogP contribution >= 0.6 is 0 Å². The lowest BCUT2D eigenvalue weighted by molar-refractivity contribution is -0.131. The van der Waals surface area contributed by atoms with Crippen molar-refractivity contribution in [3.63, 3.8) is 0 Å². The van der Waals surface area contributed by atoms with Gasteiger partial charge in [-0.25, -0.2) is 4.79 Å². The van der Waals surface area contributed by atoms with E-state index in [1.807, 2.05) is 32.0 Å². The van der Waals surface area contributed by atoms with Crippen molar-refractivity contribution in [2.75, 3.05) is 6.61 Å². The molecule has 0 aromatic heterocycles. The SMILES string of the molecule is C=C(C)COc1ccc(C)cc1C=CC(=O)O. The zero-order valence-corrected chi connectivity index (χ0v) is 10.1. The molecule has 17 heavy (non-hydrogen) atoms. The Bertz CT molecular complexity index is 459. The van der Waals surface area contributed by atoms with Crippen molar-refractivity contribution in [1.82, 2.24) is 0 Å². The standard InChI is InChI=1S/C14H16O3/c1-10(2)9-17-13-6-4-11(3)8-12(13)5-7-14(15)16/h4-8H,1,9H2,2-3H3,(H,15,16). The van der Waals surface area contributed by atoms with E-state index in [9.17, 15) is 4.79 Å². The highest BCUT2D eigenvalue weighted by molar-refractivity contribution is 5.85. The van der Waals surface area contributed by atoms with Crippen LogP contribution in [0.2, 0.25) is 0 Å². The van der Waals surface area contributed by atoms with Gasteiger partial charge in [0.25, 0.3) is 0 Å². The van der Waals surface area contributed by atoms with Crippen molar-refractivity contribution in [2.24, 2.45) is 0 Å². The fourth-order valence-corrected chi connectivity index (χ4v) is 1.29. The third-order valence-electron chi connectivity index (χ3n) is 2.04. The van der Waals surface area contributed by atoms with Gasteiger partial charge < -0.3 is 9.84 Å². The van der Waals surface area contributed by atoms with Crippen LogP contribution in [0.5, 0.6) is 5.75 Å². The van der Waals surface area contributed by atoms with Crippen LogP contribution < -0.4 is 4.74 Å². The third-order valence-corrected chi connectivity index (χ3v) is 2.04. The lowest BCUT2D eigenvalue weighted by Gasteiger charge is -2.09. The number of aryl methyl sites for hydroxylation is 1. The molecule has 1 aromatic carbocycles. The van der Waals surface area contributed by atoms with Crippen LogP contribution in [0.15, 0.2) is 36.4 Å². The van der Waals surface area contributed by atoms with Crippen LogP contribution in [0.25, 0.3) is 6.08 Å². The summed E-state index contributed by atoms with van der Waals surface area (Å²) >= 11 is 0. The van der Waals surface area contributed by atoms with Gasteiger partial charge in [-0.1, -0.05) is 18.2 Å². The quantitative estimate of drug-likeness (QED) is 0.627. The summed E-state index contributed by atoms with van der Waals surface area (Å²) in [6.07, 6.45) is 2.63. The molecule has 0 saturated heterocycles. The van der Waals surface area contributed by atoms with Crippen LogP contribution in [0.3, 0.4) is 0 Å². The first-order valence-electron chi connectivity index (χ1n) is 5.28. The van der Waals surface area contributed by atoms with Crippen molar-refractivity contribution < 1.29 is 14.6 Å². The average Bonchev–Trinajstić information content (AvgIpc) is 2.24. The Balaban J connectivity index is 2.95. The first-order valence-corrected chi connectivity index (χ1v) is 5.28. The van der Waals surface area contributed by atoms with E-state index in [4.69, 9.17) is 9.84 Å². The molecule has 0 amide bonds. The molecule has 0 atom stereocenters. The van der Waals surface area contributed by atoms with Crippen LogP contribution in [0.1, 0.15) is 18.1 Å². The highest BCUT2D eigenvalue weighted by atomic mass is 16.5. The molecule has 0 heterocycles. The number of carbonyl (C=O) groups is 1. The van der Waals surface area contributed by atoms with Gasteiger partial charge in [-0.3, -0.25) is 0 Å². The molecular formula is C14H16O3. The van der Waals surface area contributed by atoms with E-state index in [0.717, 1.165) is 22.8 Å². The lowest BCUT2D eigenvalue weighted by Crippen LogP contribution is -1.99. The van der Waals surface area contributed by atoms with E-state index >= 15 is 0 Å². The lowest BCUT2D eigenvalue weighted by atomic mass is 10.1. The Kier molecular flexibility index (Phi) is 4.52. The number of aliphatic carboxylic acids is 1. The van der Waals surface area contributed by atoms with Crippen molar-refractivity contribution in [3.05, 3.63) is 47.6 Å². The number of hydrogen-bond donors (Lipinski definition) is 1. The molecule has 0 fully saturated rings. The maximum Gasteiger partial charge on any atom is 0.328 e. The monoisotopic (exact) mass is 232 g/mol. The van der Waals surface area contributed by atoms with Crippen molar-refractivity contribution in [3.8, 4) is 5.75 Å². The smallest absolute Gasteiger partial charge is 0.328 e. The van der Waals surface area contributed by atoms with Gasteiger partial charge in [-0.05, 0) is 37.6 Å². The molecule has 1 aromatic rings. The minimum atomic E-state index is -0.975. The molecule has 0 aliphatic carbocycles. The molecule has 90 valence electrons. The zero-order chi connectivity index (χ0) is 12.8. The second-order valence-corrected chi connectivity index (χ2v) is 3.96. The van der Waals surface area contributed by atoms with E-state index in [1.54, 1.807) is 0 Å². The van der Waals surface area contributed by atoms with Gasteiger partial charge in [0.15, 0.2) is 0 Å². The number of rotatable bonds is 5. The fourth-order valence-electron chi connectivity index (χ4n) is 1.29. The van der Waals surface area contributed by atoms with E-state index in [1.165, 1.54) is 6.08 Å². The number of benzene rings is 1. The first-order chi connectivity index (χ1) is 7.99. The van der Waals surface area contributed by atoms with Gasteiger partial charge in [-0.15, -0.1) is 0 Å². The molecule has 0 unspecified atom stereocenters. The predicted octanol–water partition coefficient (Wildman–Crippen LogP) is 3.05. The minimum absolute atomic E-state index is 0.428. The summed E-state index contributed by atoms with van der Waals surface area (Å²) in [7, 11) is 0. The van der Waals surface area contributed by atoms with E-state index in [2.05, 4.69) is 6.58 Å². The van der Waals surface area contributed by atoms with E-state index in [-0.39, 0.29) is 0 Å². The van der Waals surface area contributed by atoms with Crippen molar-refractivity contribution in [1.29, 1.82) is 0 Å². The maximum absolute atomic E-state index is 10.5. The summed E-state index contributed by atoms with van der Waals surface area (Å²) in [5.41, 5.74) is 2.73. The minimum Gasteiger partial charge on any atom is -0.489 e. The van der Waals surface area contributed by atoms with Gasteiger partial charge in [0, 0.05) is 11.6 Å².